The maximum absolute atomic E-state index is 11.9. The number of hydrogen-bond acceptors (Lipinski definition) is 5. The van der Waals surface area contributed by atoms with Gasteiger partial charge in [-0.05, 0) is 42.8 Å². The van der Waals surface area contributed by atoms with Crippen molar-refractivity contribution in [2.75, 3.05) is 28.4 Å². The van der Waals surface area contributed by atoms with E-state index in [0.29, 0.717) is 5.69 Å². The van der Waals surface area contributed by atoms with Crippen molar-refractivity contribution in [1.29, 1.82) is 0 Å². The molecular weight excluding hydrogens is 372 g/mol. The summed E-state index contributed by atoms with van der Waals surface area (Å²) in [7, 11) is -3.33. The van der Waals surface area contributed by atoms with Gasteiger partial charge in [0.05, 0.1) is 16.4 Å². The third-order valence-electron chi connectivity index (χ3n) is 3.31. The molecule has 2 rings (SSSR count). The number of sulfone groups is 1. The Labute approximate surface area is 157 Å². The standard InChI is InChI=1S/C18H20N2O4S2/c1-13-5-3-6-14(9-13)19-17(21)11-25-12-18(22)20-15-7-4-8-16(10-15)26(2,23)24/h3-10H,11-12H2,1-2H3,(H,19,21)(H,20,22). The Bertz CT molecular complexity index is 911. The first kappa shape index (κ1) is 20.0. The normalized spacial score (nSPS) is 11.0. The van der Waals surface area contributed by atoms with Gasteiger partial charge in [0.25, 0.3) is 0 Å². The van der Waals surface area contributed by atoms with Crippen LogP contribution < -0.4 is 10.6 Å². The highest BCUT2D eigenvalue weighted by atomic mass is 32.2. The van der Waals surface area contributed by atoms with Crippen LogP contribution in [-0.4, -0.2) is 38.0 Å². The van der Waals surface area contributed by atoms with Crippen LogP contribution in [0.4, 0.5) is 11.4 Å². The minimum absolute atomic E-state index is 0.0876. The maximum atomic E-state index is 11.9. The zero-order chi connectivity index (χ0) is 19.2. The summed E-state index contributed by atoms with van der Waals surface area (Å²) in [6.45, 7) is 1.94. The van der Waals surface area contributed by atoms with Gasteiger partial charge in [0, 0.05) is 17.6 Å². The molecule has 0 spiro atoms. The van der Waals surface area contributed by atoms with Gasteiger partial charge in [-0.15, -0.1) is 11.8 Å². The van der Waals surface area contributed by atoms with Crippen molar-refractivity contribution < 1.29 is 18.0 Å². The van der Waals surface area contributed by atoms with Gasteiger partial charge in [0.2, 0.25) is 11.8 Å². The summed E-state index contributed by atoms with van der Waals surface area (Å²) in [5.41, 5.74) is 2.17. The fourth-order valence-electron chi connectivity index (χ4n) is 2.16. The van der Waals surface area contributed by atoms with E-state index in [1.54, 1.807) is 18.2 Å². The molecule has 0 radical (unpaired) electrons. The number of anilines is 2. The van der Waals surface area contributed by atoms with Crippen LogP contribution in [-0.2, 0) is 19.4 Å². The molecule has 2 aromatic carbocycles. The zero-order valence-electron chi connectivity index (χ0n) is 14.5. The molecular formula is C18H20N2O4S2. The lowest BCUT2D eigenvalue weighted by molar-refractivity contribution is -0.114. The predicted molar refractivity (Wildman–Crippen MR) is 105 cm³/mol. The highest BCUT2D eigenvalue weighted by Crippen LogP contribution is 2.16. The average molecular weight is 393 g/mol. The molecule has 0 saturated carbocycles. The van der Waals surface area contributed by atoms with Crippen LogP contribution in [0.5, 0.6) is 0 Å². The van der Waals surface area contributed by atoms with Crippen LogP contribution in [0.1, 0.15) is 5.56 Å². The summed E-state index contributed by atoms with van der Waals surface area (Å²) in [6, 6.07) is 13.5. The third kappa shape index (κ3) is 6.53. The number of thioether (sulfide) groups is 1. The summed E-state index contributed by atoms with van der Waals surface area (Å²) in [4.78, 5) is 24.0. The largest absolute Gasteiger partial charge is 0.325 e. The molecule has 26 heavy (non-hydrogen) atoms. The van der Waals surface area contributed by atoms with E-state index in [1.165, 1.54) is 23.9 Å². The Morgan fingerprint density at radius 3 is 2.00 bits per heavy atom. The molecule has 0 heterocycles. The fourth-order valence-corrected chi connectivity index (χ4v) is 3.44. The molecule has 0 atom stereocenters. The molecule has 0 saturated heterocycles. The first-order valence-corrected chi connectivity index (χ1v) is 10.8. The van der Waals surface area contributed by atoms with Crippen molar-refractivity contribution in [3.8, 4) is 0 Å². The van der Waals surface area contributed by atoms with E-state index >= 15 is 0 Å². The van der Waals surface area contributed by atoms with E-state index in [4.69, 9.17) is 0 Å². The molecule has 0 aromatic heterocycles. The number of rotatable bonds is 7. The minimum atomic E-state index is -3.33. The predicted octanol–water partition coefficient (Wildman–Crippen LogP) is 2.71. The Morgan fingerprint density at radius 1 is 0.923 bits per heavy atom. The summed E-state index contributed by atoms with van der Waals surface area (Å²) in [5, 5.41) is 5.40. The van der Waals surface area contributed by atoms with Crippen molar-refractivity contribution in [3.63, 3.8) is 0 Å². The molecule has 0 aliphatic heterocycles. The van der Waals surface area contributed by atoms with Crippen LogP contribution in [0.15, 0.2) is 53.4 Å². The number of hydrogen-bond donors (Lipinski definition) is 2. The number of amides is 2. The van der Waals surface area contributed by atoms with E-state index in [-0.39, 0.29) is 28.2 Å². The summed E-state index contributed by atoms with van der Waals surface area (Å²) < 4.78 is 23.1. The lowest BCUT2D eigenvalue weighted by Crippen LogP contribution is -2.18. The van der Waals surface area contributed by atoms with Gasteiger partial charge in [-0.1, -0.05) is 18.2 Å². The molecule has 8 heteroatoms. The SMILES string of the molecule is Cc1cccc(NC(=O)CSCC(=O)Nc2cccc(S(C)(=O)=O)c2)c1. The molecule has 0 unspecified atom stereocenters. The van der Waals surface area contributed by atoms with E-state index in [9.17, 15) is 18.0 Å². The average Bonchev–Trinajstić information content (AvgIpc) is 2.54. The van der Waals surface area contributed by atoms with Gasteiger partial charge < -0.3 is 10.6 Å². The molecule has 0 fully saturated rings. The lowest BCUT2D eigenvalue weighted by Gasteiger charge is -2.08. The number of carbonyl (C=O) groups is 2. The maximum Gasteiger partial charge on any atom is 0.234 e. The van der Waals surface area contributed by atoms with Crippen LogP contribution >= 0.6 is 11.8 Å². The quantitative estimate of drug-likeness (QED) is 0.756. The molecule has 0 aliphatic carbocycles. The molecule has 0 aliphatic rings. The third-order valence-corrected chi connectivity index (χ3v) is 5.36. The second kappa shape index (κ2) is 8.86. The van der Waals surface area contributed by atoms with Gasteiger partial charge >= 0.3 is 0 Å². The summed E-state index contributed by atoms with van der Waals surface area (Å²) >= 11 is 1.18. The van der Waals surface area contributed by atoms with Crippen molar-refractivity contribution in [3.05, 3.63) is 54.1 Å². The van der Waals surface area contributed by atoms with Crippen LogP contribution in [0.25, 0.3) is 0 Å². The molecule has 2 aromatic rings. The van der Waals surface area contributed by atoms with Crippen LogP contribution in [0.3, 0.4) is 0 Å². The van der Waals surface area contributed by atoms with Crippen molar-refractivity contribution in [2.45, 2.75) is 11.8 Å². The Balaban J connectivity index is 1.79. The highest BCUT2D eigenvalue weighted by Gasteiger charge is 2.10. The number of aryl methyl sites for hydroxylation is 1. The number of benzene rings is 2. The zero-order valence-corrected chi connectivity index (χ0v) is 16.1. The lowest BCUT2D eigenvalue weighted by atomic mass is 10.2. The van der Waals surface area contributed by atoms with Crippen molar-refractivity contribution in [1.82, 2.24) is 0 Å². The van der Waals surface area contributed by atoms with Gasteiger partial charge in [0.15, 0.2) is 9.84 Å². The fraction of sp³-hybridized carbons (Fsp3) is 0.222. The summed E-state index contributed by atoms with van der Waals surface area (Å²) in [5.74, 6) is -0.258. The number of carbonyl (C=O) groups excluding carboxylic acids is 2. The van der Waals surface area contributed by atoms with E-state index in [2.05, 4.69) is 10.6 Å². The van der Waals surface area contributed by atoms with E-state index in [1.807, 2.05) is 25.1 Å². The Kier molecular flexibility index (Phi) is 6.82. The second-order valence-electron chi connectivity index (χ2n) is 5.76. The minimum Gasteiger partial charge on any atom is -0.325 e. The van der Waals surface area contributed by atoms with Crippen molar-refractivity contribution >= 4 is 44.8 Å². The van der Waals surface area contributed by atoms with Gasteiger partial charge in [-0.2, -0.15) is 0 Å². The van der Waals surface area contributed by atoms with Gasteiger partial charge in [-0.25, -0.2) is 8.42 Å². The Hall–Kier alpha value is -2.32. The molecule has 138 valence electrons. The first-order chi connectivity index (χ1) is 12.2. The van der Waals surface area contributed by atoms with Gasteiger partial charge in [-0.3, -0.25) is 9.59 Å². The topological polar surface area (TPSA) is 92.3 Å². The monoisotopic (exact) mass is 392 g/mol. The van der Waals surface area contributed by atoms with E-state index in [0.717, 1.165) is 17.5 Å². The summed E-state index contributed by atoms with van der Waals surface area (Å²) in [6.07, 6.45) is 1.11. The van der Waals surface area contributed by atoms with Crippen molar-refractivity contribution in [2.24, 2.45) is 0 Å². The highest BCUT2D eigenvalue weighted by molar-refractivity contribution is 8.00. The first-order valence-electron chi connectivity index (χ1n) is 7.78. The second-order valence-corrected chi connectivity index (χ2v) is 8.76. The number of nitrogens with one attached hydrogen (secondary N) is 2. The van der Waals surface area contributed by atoms with Gasteiger partial charge in [0.1, 0.15) is 0 Å². The molecule has 0 bridgehead atoms. The van der Waals surface area contributed by atoms with Crippen LogP contribution in [0, 0.1) is 6.92 Å². The molecule has 2 N–H and O–H groups in total. The van der Waals surface area contributed by atoms with Crippen LogP contribution in [0.2, 0.25) is 0 Å². The molecule has 2 amide bonds. The smallest absolute Gasteiger partial charge is 0.234 e. The molecule has 6 nitrogen and oxygen atoms in total. The van der Waals surface area contributed by atoms with E-state index < -0.39 is 9.84 Å². The Morgan fingerprint density at radius 2 is 1.46 bits per heavy atom.